The van der Waals surface area contributed by atoms with Gasteiger partial charge in [0.25, 0.3) is 17.4 Å². The predicted molar refractivity (Wildman–Crippen MR) is 200 cm³/mol. The number of benzene rings is 2. The summed E-state index contributed by atoms with van der Waals surface area (Å²) in [5.41, 5.74) is 3.69. The number of methoxy groups -OCH3 is 2. The van der Waals surface area contributed by atoms with Crippen LogP contribution in [0.2, 0.25) is 0 Å². The number of rotatable bonds is 14. The molecule has 2 amide bonds. The summed E-state index contributed by atoms with van der Waals surface area (Å²) in [6, 6.07) is 9.58. The van der Waals surface area contributed by atoms with E-state index in [1.807, 2.05) is 37.6 Å². The monoisotopic (exact) mass is 747 g/mol. The molecule has 2 aromatic carbocycles. The Bertz CT molecular complexity index is 2360. The first kappa shape index (κ1) is 37.1. The van der Waals surface area contributed by atoms with E-state index in [0.717, 1.165) is 39.1 Å². The van der Waals surface area contributed by atoms with Gasteiger partial charge in [-0.1, -0.05) is 5.21 Å². The van der Waals surface area contributed by atoms with Crippen LogP contribution < -0.4 is 19.8 Å². The molecule has 3 aromatic heterocycles. The highest BCUT2D eigenvalue weighted by atomic mass is 16.5. The van der Waals surface area contributed by atoms with E-state index in [4.69, 9.17) is 14.2 Å². The topological polar surface area (TPSA) is 168 Å². The molecule has 0 bridgehead atoms. The summed E-state index contributed by atoms with van der Waals surface area (Å²) in [6.07, 6.45) is 8.53. The van der Waals surface area contributed by atoms with Gasteiger partial charge in [0.15, 0.2) is 5.78 Å². The van der Waals surface area contributed by atoms with E-state index in [-0.39, 0.29) is 41.7 Å². The van der Waals surface area contributed by atoms with Gasteiger partial charge in [-0.25, -0.2) is 0 Å². The van der Waals surface area contributed by atoms with Crippen LogP contribution in [0.3, 0.4) is 0 Å². The average Bonchev–Trinajstić information content (AvgIpc) is 3.72. The van der Waals surface area contributed by atoms with E-state index in [9.17, 15) is 24.0 Å². The van der Waals surface area contributed by atoms with E-state index in [2.05, 4.69) is 20.2 Å². The van der Waals surface area contributed by atoms with Crippen molar-refractivity contribution in [1.29, 1.82) is 0 Å². The van der Waals surface area contributed by atoms with E-state index < -0.39 is 23.6 Å². The second-order valence-electron chi connectivity index (χ2n) is 13.9. The first-order valence-electron chi connectivity index (χ1n) is 18.0. The highest BCUT2D eigenvalue weighted by molar-refractivity contribution is 6.23. The first-order chi connectivity index (χ1) is 26.6. The van der Waals surface area contributed by atoms with Gasteiger partial charge in [0.2, 0.25) is 0 Å². The van der Waals surface area contributed by atoms with Crippen LogP contribution in [0.4, 0.5) is 0 Å². The molecule has 0 saturated heterocycles. The number of aryl methyl sites for hydroxylation is 2. The maximum atomic E-state index is 13.1. The third kappa shape index (κ3) is 7.47. The SMILES string of the molecule is COc1cc(-c2cn(C)c(=O)c3cnccc23)cc(OC)c1CN(C)Cc1cn(CCCCOc2ccc3c(c2)C(=O)N(C2CCC(=O)CC2=O)C3=O)nn1. The zero-order valence-corrected chi connectivity index (χ0v) is 31.1. The Kier molecular flexibility index (Phi) is 10.5. The summed E-state index contributed by atoms with van der Waals surface area (Å²) in [5.74, 6) is 0.143. The van der Waals surface area contributed by atoms with Crippen LogP contribution in [-0.2, 0) is 36.3 Å². The molecule has 4 heterocycles. The standard InChI is InChI=1S/C40H41N7O8/c1-44(22-33-36(53-3)15-24(16-37(33)54-4)32-23-45(2)38(50)31-19-41-12-11-28(31)32)20-25-21-46(43-42-25)13-5-6-14-55-27-8-9-29-30(18-27)40(52)47(39(29)51)34-10-7-26(48)17-35(34)49/h8-9,11-12,15-16,18-19,21,23,34H,5-7,10,13-14,17,20,22H2,1-4H3. The Morgan fingerprint density at radius 2 is 1.64 bits per heavy atom. The number of unbranched alkanes of at least 4 members (excludes halogenated alkanes) is 1. The molecule has 1 aliphatic carbocycles. The lowest BCUT2D eigenvalue weighted by Crippen LogP contribution is -2.47. The van der Waals surface area contributed by atoms with Crippen molar-refractivity contribution in [1.82, 2.24) is 34.3 Å². The number of carbonyl (C=O) groups is 4. The van der Waals surface area contributed by atoms with Crippen molar-refractivity contribution in [2.75, 3.05) is 27.9 Å². The van der Waals surface area contributed by atoms with Crippen molar-refractivity contribution in [2.24, 2.45) is 7.05 Å². The molecule has 1 atom stereocenters. The fourth-order valence-electron chi connectivity index (χ4n) is 7.27. The fourth-order valence-corrected chi connectivity index (χ4v) is 7.27. The zero-order valence-electron chi connectivity index (χ0n) is 31.1. The van der Waals surface area contributed by atoms with Gasteiger partial charge in [-0.15, -0.1) is 5.10 Å². The van der Waals surface area contributed by atoms with Crippen molar-refractivity contribution in [3.05, 3.63) is 93.9 Å². The molecule has 1 fully saturated rings. The highest BCUT2D eigenvalue weighted by Gasteiger charge is 2.44. The van der Waals surface area contributed by atoms with Crippen molar-refractivity contribution < 1.29 is 33.4 Å². The molecule has 1 aliphatic heterocycles. The van der Waals surface area contributed by atoms with E-state index in [1.54, 1.807) is 61.1 Å². The predicted octanol–water partition coefficient (Wildman–Crippen LogP) is 3.99. The van der Waals surface area contributed by atoms with Gasteiger partial charge in [-0.3, -0.25) is 43.4 Å². The number of carbonyl (C=O) groups excluding carboxylic acids is 4. The van der Waals surface area contributed by atoms with Crippen molar-refractivity contribution in [3.63, 3.8) is 0 Å². The van der Waals surface area contributed by atoms with Crippen molar-refractivity contribution >= 4 is 34.2 Å². The van der Waals surface area contributed by atoms with Gasteiger partial charge >= 0.3 is 0 Å². The number of ether oxygens (including phenoxy) is 3. The smallest absolute Gasteiger partial charge is 0.262 e. The number of hydrogen-bond donors (Lipinski definition) is 0. The molecule has 284 valence electrons. The minimum atomic E-state index is -0.905. The van der Waals surface area contributed by atoms with E-state index in [1.165, 1.54) is 0 Å². The van der Waals surface area contributed by atoms with Crippen molar-refractivity contribution in [3.8, 4) is 28.4 Å². The molecule has 0 spiro atoms. The third-order valence-corrected chi connectivity index (χ3v) is 10.0. The Labute approximate surface area is 316 Å². The minimum absolute atomic E-state index is 0.119. The van der Waals surface area contributed by atoms with E-state index in [0.29, 0.717) is 55.3 Å². The summed E-state index contributed by atoms with van der Waals surface area (Å²) < 4.78 is 20.9. The van der Waals surface area contributed by atoms with Crippen LogP contribution in [0.5, 0.6) is 17.2 Å². The molecule has 55 heavy (non-hydrogen) atoms. The van der Waals surface area contributed by atoms with Crippen LogP contribution in [0.15, 0.2) is 66.0 Å². The summed E-state index contributed by atoms with van der Waals surface area (Å²) in [5, 5.41) is 9.99. The lowest BCUT2D eigenvalue weighted by Gasteiger charge is -2.27. The molecule has 1 saturated carbocycles. The summed E-state index contributed by atoms with van der Waals surface area (Å²) >= 11 is 0. The second kappa shape index (κ2) is 15.6. The Morgan fingerprint density at radius 1 is 0.873 bits per heavy atom. The normalized spacial score (nSPS) is 15.7. The number of aromatic nitrogens is 5. The molecule has 7 rings (SSSR count). The zero-order chi connectivity index (χ0) is 38.8. The van der Waals surface area contributed by atoms with Crippen LogP contribution >= 0.6 is 0 Å². The number of pyridine rings is 2. The molecule has 1 unspecified atom stereocenters. The summed E-state index contributed by atoms with van der Waals surface area (Å²) in [7, 11) is 6.94. The number of nitrogens with zero attached hydrogens (tertiary/aromatic N) is 7. The van der Waals surface area contributed by atoms with Gasteiger partial charge in [0.1, 0.15) is 23.0 Å². The molecule has 15 nitrogen and oxygen atoms in total. The minimum Gasteiger partial charge on any atom is -0.496 e. The van der Waals surface area contributed by atoms with Gasteiger partial charge < -0.3 is 18.8 Å². The van der Waals surface area contributed by atoms with Gasteiger partial charge in [0.05, 0.1) is 61.1 Å². The van der Waals surface area contributed by atoms with Crippen LogP contribution in [0.25, 0.3) is 21.9 Å². The van der Waals surface area contributed by atoms with Crippen LogP contribution in [0, 0.1) is 0 Å². The molecule has 0 radical (unpaired) electrons. The Balaban J connectivity index is 0.921. The quantitative estimate of drug-likeness (QED) is 0.0912. The number of imide groups is 1. The van der Waals surface area contributed by atoms with E-state index >= 15 is 0 Å². The maximum absolute atomic E-state index is 13.1. The summed E-state index contributed by atoms with van der Waals surface area (Å²) in [6.45, 7) is 2.05. The fraction of sp³-hybridized carbons (Fsp3) is 0.350. The van der Waals surface area contributed by atoms with Gasteiger partial charge in [-0.2, -0.15) is 0 Å². The first-order valence-corrected chi connectivity index (χ1v) is 18.0. The highest BCUT2D eigenvalue weighted by Crippen LogP contribution is 2.38. The van der Waals surface area contributed by atoms with Gasteiger partial charge in [0, 0.05) is 63.5 Å². The average molecular weight is 748 g/mol. The number of ketones is 2. The second-order valence-corrected chi connectivity index (χ2v) is 13.9. The van der Waals surface area contributed by atoms with Crippen LogP contribution in [0.1, 0.15) is 64.1 Å². The molecular formula is C40H41N7O8. The lowest BCUT2D eigenvalue weighted by atomic mass is 9.92. The van der Waals surface area contributed by atoms with Crippen LogP contribution in [-0.4, -0.2) is 91.6 Å². The molecule has 0 N–H and O–H groups in total. The molecule has 15 heteroatoms. The van der Waals surface area contributed by atoms with Gasteiger partial charge in [-0.05, 0) is 73.7 Å². The number of Topliss-reactive ketones (excluding diaryl/α,β-unsaturated/α-hetero) is 2. The van der Waals surface area contributed by atoms with Crippen molar-refractivity contribution in [2.45, 2.75) is 57.8 Å². The summed E-state index contributed by atoms with van der Waals surface area (Å²) in [4.78, 5) is 70.2. The lowest BCUT2D eigenvalue weighted by molar-refractivity contribution is -0.132. The number of fused-ring (bicyclic) bond motifs is 2. The molecule has 2 aliphatic rings. The Hall–Kier alpha value is -6.22. The molecule has 5 aromatic rings. The molecular weight excluding hydrogens is 706 g/mol. The maximum Gasteiger partial charge on any atom is 0.262 e. The third-order valence-electron chi connectivity index (χ3n) is 10.0. The number of hydrogen-bond acceptors (Lipinski definition) is 12. The largest absolute Gasteiger partial charge is 0.496 e. The number of amides is 2. The Morgan fingerprint density at radius 3 is 2.38 bits per heavy atom.